The van der Waals surface area contributed by atoms with E-state index in [0.29, 0.717) is 11.6 Å². The average molecular weight is 365 g/mol. The highest BCUT2D eigenvalue weighted by molar-refractivity contribution is 4.89. The monoisotopic (exact) mass is 364 g/mol. The molecule has 2 heterocycles. The second-order valence-corrected chi connectivity index (χ2v) is 10.9. The van der Waals surface area contributed by atoms with Crippen molar-refractivity contribution in [2.45, 2.75) is 117 Å². The van der Waals surface area contributed by atoms with Crippen LogP contribution in [-0.2, 0) is 0 Å². The Morgan fingerprint density at radius 1 is 0.885 bits per heavy atom. The van der Waals surface area contributed by atoms with Crippen LogP contribution in [0.5, 0.6) is 0 Å². The van der Waals surface area contributed by atoms with Crippen LogP contribution < -0.4 is 0 Å². The van der Waals surface area contributed by atoms with Crippen LogP contribution in [0.1, 0.15) is 99.8 Å². The summed E-state index contributed by atoms with van der Waals surface area (Å²) in [6, 6.07) is 1.53. The van der Waals surface area contributed by atoms with Crippen LogP contribution in [0, 0.1) is 17.8 Å². The van der Waals surface area contributed by atoms with Crippen LogP contribution >= 0.6 is 0 Å². The summed E-state index contributed by atoms with van der Waals surface area (Å²) in [7, 11) is 0. The summed E-state index contributed by atoms with van der Waals surface area (Å²) in [5.41, 5.74) is 0.354. The first-order chi connectivity index (χ1) is 12.2. The Labute approximate surface area is 165 Å². The molecule has 0 aromatic rings. The van der Waals surface area contributed by atoms with Gasteiger partial charge in [-0.25, -0.2) is 0 Å². The maximum atomic E-state index is 2.83. The zero-order chi connectivity index (χ0) is 19.3. The molecule has 0 amide bonds. The molecule has 3 atom stereocenters. The maximum absolute atomic E-state index is 2.83. The van der Waals surface area contributed by atoms with E-state index in [1.807, 2.05) is 0 Å². The SMILES string of the molecule is CC(C)CC1CCCN(C(C)(C)CC(C)CC2CCCCN2C(C)C)C1. The smallest absolute Gasteiger partial charge is 0.0155 e. The van der Waals surface area contributed by atoms with Crippen molar-refractivity contribution in [3.63, 3.8) is 0 Å². The predicted molar refractivity (Wildman–Crippen MR) is 116 cm³/mol. The van der Waals surface area contributed by atoms with Crippen LogP contribution in [0.3, 0.4) is 0 Å². The number of likely N-dealkylation sites (tertiary alicyclic amines) is 2. The zero-order valence-electron chi connectivity index (χ0n) is 19.1. The average Bonchev–Trinajstić information content (AvgIpc) is 2.54. The van der Waals surface area contributed by atoms with Crippen molar-refractivity contribution in [2.24, 2.45) is 17.8 Å². The minimum atomic E-state index is 0.354. The maximum Gasteiger partial charge on any atom is 0.0155 e. The van der Waals surface area contributed by atoms with Gasteiger partial charge in [0, 0.05) is 24.2 Å². The number of hydrogen-bond acceptors (Lipinski definition) is 2. The van der Waals surface area contributed by atoms with E-state index in [2.05, 4.69) is 58.3 Å². The van der Waals surface area contributed by atoms with Crippen LogP contribution in [-0.4, -0.2) is 47.1 Å². The van der Waals surface area contributed by atoms with Gasteiger partial charge < -0.3 is 0 Å². The molecule has 2 saturated heterocycles. The molecule has 2 fully saturated rings. The van der Waals surface area contributed by atoms with Crippen molar-refractivity contribution in [2.75, 3.05) is 19.6 Å². The highest BCUT2D eigenvalue weighted by Gasteiger charge is 2.34. The van der Waals surface area contributed by atoms with Gasteiger partial charge in [0.15, 0.2) is 0 Å². The standard InChI is InChI=1S/C24H48N2/c1-19(2)15-22-11-10-13-25(18-22)24(6,7)17-21(5)16-23-12-8-9-14-26(23)20(3)4/h19-23H,8-18H2,1-7H3. The first-order valence-corrected chi connectivity index (χ1v) is 11.7. The third kappa shape index (κ3) is 6.51. The zero-order valence-corrected chi connectivity index (χ0v) is 19.1. The summed E-state index contributed by atoms with van der Waals surface area (Å²) in [6.45, 7) is 21.1. The quantitative estimate of drug-likeness (QED) is 0.506. The highest BCUT2D eigenvalue weighted by Crippen LogP contribution is 2.34. The normalized spacial score (nSPS) is 28.0. The van der Waals surface area contributed by atoms with Crippen LogP contribution in [0.2, 0.25) is 0 Å². The molecule has 2 aliphatic heterocycles. The van der Waals surface area contributed by atoms with E-state index >= 15 is 0 Å². The molecule has 0 aromatic carbocycles. The largest absolute Gasteiger partial charge is 0.298 e. The van der Waals surface area contributed by atoms with Crippen molar-refractivity contribution in [1.29, 1.82) is 0 Å². The lowest BCUT2D eigenvalue weighted by atomic mass is 9.81. The van der Waals surface area contributed by atoms with E-state index in [-0.39, 0.29) is 0 Å². The van der Waals surface area contributed by atoms with E-state index in [0.717, 1.165) is 23.8 Å². The number of rotatable bonds is 8. The molecule has 2 aliphatic rings. The first-order valence-electron chi connectivity index (χ1n) is 11.7. The van der Waals surface area contributed by atoms with Crippen molar-refractivity contribution in [3.8, 4) is 0 Å². The van der Waals surface area contributed by atoms with Gasteiger partial charge in [-0.2, -0.15) is 0 Å². The minimum absolute atomic E-state index is 0.354. The van der Waals surface area contributed by atoms with Gasteiger partial charge in [0.1, 0.15) is 0 Å². The molecule has 2 heteroatoms. The molecule has 3 unspecified atom stereocenters. The molecule has 0 N–H and O–H groups in total. The third-order valence-electron chi connectivity index (χ3n) is 7.04. The van der Waals surface area contributed by atoms with Gasteiger partial charge in [-0.1, -0.05) is 27.2 Å². The molecule has 0 bridgehead atoms. The lowest BCUT2D eigenvalue weighted by Gasteiger charge is -2.46. The van der Waals surface area contributed by atoms with E-state index in [9.17, 15) is 0 Å². The molecular formula is C24H48N2. The van der Waals surface area contributed by atoms with Crippen LogP contribution in [0.4, 0.5) is 0 Å². The van der Waals surface area contributed by atoms with Gasteiger partial charge in [-0.3, -0.25) is 9.80 Å². The predicted octanol–water partition coefficient (Wildman–Crippen LogP) is 6.20. The molecule has 26 heavy (non-hydrogen) atoms. The Morgan fingerprint density at radius 2 is 1.62 bits per heavy atom. The van der Waals surface area contributed by atoms with Gasteiger partial charge in [-0.05, 0) is 103 Å². The van der Waals surface area contributed by atoms with E-state index in [1.165, 1.54) is 71.0 Å². The lowest BCUT2D eigenvalue weighted by Crippen LogP contribution is -2.50. The molecule has 0 spiro atoms. The topological polar surface area (TPSA) is 6.48 Å². The molecular weight excluding hydrogens is 316 g/mol. The second kappa shape index (κ2) is 9.92. The van der Waals surface area contributed by atoms with E-state index in [1.54, 1.807) is 0 Å². The Balaban J connectivity index is 1.88. The molecule has 154 valence electrons. The highest BCUT2D eigenvalue weighted by atomic mass is 15.2. The molecule has 0 aliphatic carbocycles. The van der Waals surface area contributed by atoms with Crippen LogP contribution in [0.15, 0.2) is 0 Å². The lowest BCUT2D eigenvalue weighted by molar-refractivity contribution is 0.0354. The summed E-state index contributed by atoms with van der Waals surface area (Å²) in [5, 5.41) is 0. The van der Waals surface area contributed by atoms with Gasteiger partial charge in [0.05, 0.1) is 0 Å². The molecule has 0 saturated carbocycles. The van der Waals surface area contributed by atoms with Crippen molar-refractivity contribution in [1.82, 2.24) is 9.80 Å². The van der Waals surface area contributed by atoms with Crippen molar-refractivity contribution < 1.29 is 0 Å². The fourth-order valence-electron chi connectivity index (χ4n) is 5.96. The minimum Gasteiger partial charge on any atom is -0.298 e. The van der Waals surface area contributed by atoms with E-state index < -0.39 is 0 Å². The van der Waals surface area contributed by atoms with Crippen molar-refractivity contribution >= 4 is 0 Å². The summed E-state index contributed by atoms with van der Waals surface area (Å²) in [4.78, 5) is 5.62. The van der Waals surface area contributed by atoms with Crippen molar-refractivity contribution in [3.05, 3.63) is 0 Å². The molecule has 0 aromatic heterocycles. The first kappa shape index (κ1) is 22.2. The summed E-state index contributed by atoms with van der Waals surface area (Å²) >= 11 is 0. The summed E-state index contributed by atoms with van der Waals surface area (Å²) < 4.78 is 0. The fourth-order valence-corrected chi connectivity index (χ4v) is 5.96. The van der Waals surface area contributed by atoms with Gasteiger partial charge in [0.2, 0.25) is 0 Å². The number of nitrogens with zero attached hydrogens (tertiary/aromatic N) is 2. The molecule has 2 nitrogen and oxygen atoms in total. The number of piperidine rings is 2. The second-order valence-electron chi connectivity index (χ2n) is 10.9. The molecule has 2 rings (SSSR count). The summed E-state index contributed by atoms with van der Waals surface area (Å²) in [6.07, 6.45) is 11.3. The summed E-state index contributed by atoms with van der Waals surface area (Å²) in [5.74, 6) is 2.59. The van der Waals surface area contributed by atoms with Crippen LogP contribution in [0.25, 0.3) is 0 Å². The van der Waals surface area contributed by atoms with Gasteiger partial charge >= 0.3 is 0 Å². The van der Waals surface area contributed by atoms with Gasteiger partial charge in [-0.15, -0.1) is 0 Å². The molecule has 0 radical (unpaired) electrons. The Bertz CT molecular complexity index is 401. The van der Waals surface area contributed by atoms with Gasteiger partial charge in [0.25, 0.3) is 0 Å². The Hall–Kier alpha value is -0.0800. The Kier molecular flexibility index (Phi) is 8.47. The Morgan fingerprint density at radius 3 is 2.27 bits per heavy atom. The third-order valence-corrected chi connectivity index (χ3v) is 7.04. The number of hydrogen-bond donors (Lipinski definition) is 0. The van der Waals surface area contributed by atoms with E-state index in [4.69, 9.17) is 0 Å². The fraction of sp³-hybridized carbons (Fsp3) is 1.00.